The van der Waals surface area contributed by atoms with Crippen LogP contribution in [0, 0.1) is 0 Å². The fraction of sp³-hybridized carbons (Fsp3) is 0.313. The molecule has 1 aromatic heterocycles. The van der Waals surface area contributed by atoms with Crippen molar-refractivity contribution in [1.29, 1.82) is 0 Å². The number of unbranched alkanes of at least 4 members (excludes halogenated alkanes) is 10. The quantitative estimate of drug-likeness (QED) is 0.0595. The molecule has 0 aliphatic heterocycles. The highest BCUT2D eigenvalue weighted by Gasteiger charge is 2.55. The second-order valence-corrected chi connectivity index (χ2v) is 45.0. The van der Waals surface area contributed by atoms with Gasteiger partial charge in [0.05, 0.1) is 16.5 Å². The second kappa shape index (κ2) is 33.7. The number of fused-ring (bicyclic) bond motifs is 23. The molecule has 1 atom stereocenters. The summed E-state index contributed by atoms with van der Waals surface area (Å²) in [4.78, 5) is 5.03. The third-order valence-corrected chi connectivity index (χ3v) is 31.8. The molecule has 0 radical (unpaired) electrons. The smallest absolute Gasteiger partial charge is 0.145 e. The van der Waals surface area contributed by atoms with E-state index in [2.05, 4.69) is 438 Å². The Kier molecular flexibility index (Phi) is 22.5. The van der Waals surface area contributed by atoms with E-state index in [0.29, 0.717) is 0 Å². The predicted octanol–water partition coefficient (Wildman–Crippen LogP) is 38.1. The van der Waals surface area contributed by atoms with E-state index in [-0.39, 0.29) is 45.3 Å². The molecule has 5 aliphatic rings. The summed E-state index contributed by atoms with van der Waals surface area (Å²) in [6, 6.07) is 120. The molecule has 0 fully saturated rings. The van der Waals surface area contributed by atoms with E-state index in [1.165, 1.54) is 240 Å². The van der Waals surface area contributed by atoms with Crippen LogP contribution in [-0.4, -0.2) is 0 Å². The van der Waals surface area contributed by atoms with Gasteiger partial charge in [0, 0.05) is 55.6 Å². The van der Waals surface area contributed by atoms with Crippen LogP contribution < -0.4 is 9.80 Å². The van der Waals surface area contributed by atoms with Crippen LogP contribution in [0.3, 0.4) is 0 Å². The van der Waals surface area contributed by atoms with E-state index in [4.69, 9.17) is 4.42 Å². The number of rotatable bonds is 23. The summed E-state index contributed by atoms with van der Waals surface area (Å²) < 4.78 is 7.70. The Hall–Kier alpha value is -12.3. The van der Waals surface area contributed by atoms with Gasteiger partial charge in [-0.1, -0.05) is 403 Å². The first kappa shape index (κ1) is 89.6. The summed E-state index contributed by atoms with van der Waals surface area (Å²) in [5.74, 6) is 0. The van der Waals surface area contributed by atoms with Gasteiger partial charge in [-0.05, 0) is 305 Å². The van der Waals surface area contributed by atoms with Crippen LogP contribution in [-0.2, 0) is 43.3 Å². The minimum absolute atomic E-state index is 0. The highest BCUT2D eigenvalue weighted by atomic mass is 16.3. The highest BCUT2D eigenvalue weighted by molar-refractivity contribution is 6.20. The molecule has 0 saturated heterocycles. The highest BCUT2D eigenvalue weighted by Crippen LogP contribution is 2.68. The molecule has 21 rings (SSSR count). The van der Waals surface area contributed by atoms with Crippen molar-refractivity contribution < 1.29 is 4.42 Å². The van der Waals surface area contributed by atoms with Crippen molar-refractivity contribution in [2.45, 2.75) is 265 Å². The van der Waals surface area contributed by atoms with Gasteiger partial charge < -0.3 is 14.2 Å². The second-order valence-electron chi connectivity index (χ2n) is 45.0. The van der Waals surface area contributed by atoms with Gasteiger partial charge in [-0.2, -0.15) is 0 Å². The largest absolute Gasteiger partial charge is 0.455 e. The predicted molar refractivity (Wildman–Crippen MR) is 575 cm³/mol. The van der Waals surface area contributed by atoms with Crippen LogP contribution in [0.1, 0.15) is 300 Å². The summed E-state index contributed by atoms with van der Waals surface area (Å²) in [7, 11) is 0. The van der Waals surface area contributed by atoms with Crippen LogP contribution in [0.15, 0.2) is 308 Å². The summed E-state index contributed by atoms with van der Waals surface area (Å²) in [6.07, 6.45) is 18.2. The van der Waals surface area contributed by atoms with E-state index in [9.17, 15) is 0 Å². The minimum atomic E-state index is -0.870. The van der Waals surface area contributed by atoms with Crippen molar-refractivity contribution in [3.8, 4) is 89.0 Å². The Morgan fingerprint density at radius 3 is 0.993 bits per heavy atom. The van der Waals surface area contributed by atoms with Crippen molar-refractivity contribution in [3.05, 3.63) is 381 Å². The molecule has 0 bridgehead atoms. The number of furan rings is 1. The first-order valence-corrected chi connectivity index (χ1v) is 50.1. The summed E-state index contributed by atoms with van der Waals surface area (Å²) >= 11 is 0. The molecule has 134 heavy (non-hydrogen) atoms. The van der Waals surface area contributed by atoms with Crippen molar-refractivity contribution >= 4 is 56.1 Å². The number of nitrogens with zero attached hydrogens (tertiary/aromatic N) is 2. The Morgan fingerprint density at radius 1 is 0.261 bits per heavy atom. The fourth-order valence-corrected chi connectivity index (χ4v) is 24.2. The molecule has 3 nitrogen and oxygen atoms in total. The number of hydrogen-bond acceptors (Lipinski definition) is 3. The van der Waals surface area contributed by atoms with Crippen LogP contribution in [0.2, 0.25) is 0 Å². The maximum atomic E-state index is 7.70. The van der Waals surface area contributed by atoms with Gasteiger partial charge in [0.25, 0.3) is 0 Å². The molecule has 0 N–H and O–H groups in total. The molecule has 0 amide bonds. The van der Waals surface area contributed by atoms with Crippen molar-refractivity contribution in [3.63, 3.8) is 0 Å². The molecule has 5 aliphatic carbocycles. The van der Waals surface area contributed by atoms with Gasteiger partial charge in [-0.25, -0.2) is 0 Å². The Labute approximate surface area is 800 Å². The van der Waals surface area contributed by atoms with E-state index in [0.717, 1.165) is 61.6 Å². The van der Waals surface area contributed by atoms with Crippen LogP contribution in [0.4, 0.5) is 34.1 Å². The zero-order chi connectivity index (χ0) is 92.2. The topological polar surface area (TPSA) is 19.6 Å². The maximum Gasteiger partial charge on any atom is 0.145 e. The zero-order valence-electron chi connectivity index (χ0n) is 82.1. The number of anilines is 6. The standard InChI is InChI=1S/C130H132N2O.CH4/c1-19-21-23-25-27-35-73-129(74-36-28-26-24-22-20-2)108-40-32-29-37-98(108)104-70-47-87(79-114(104)129)85-45-68-102-100-66-43-83(75-110(100)127(15,16)112(102)77-85)84-44-67-101-103-69-46-86(78-113(103)128(17,18)111(101)76-84)88-48-71-105-99-38-30-33-41-109(99)130(115(105)80-88)116-81-97(131(93-57-49-89(50-58-93)123(3,4)5)94-59-51-90(52-60-94)124(6,7)8)65-72-106(116)120-117(130)82-118(121-107-39-31-34-42-119(107)133-122(120)121)132(95-61-53-91(54-62-95)125(9,10)11)96-63-55-92(56-64-96)126(12,13)14;/h29-34,37-72,75-82H,19-28,35-36,73-74H2,1-18H3;1H4. The number of hydrogen-bond donors (Lipinski definition) is 0. The number of para-hydroxylation sites is 1. The van der Waals surface area contributed by atoms with E-state index < -0.39 is 5.41 Å². The van der Waals surface area contributed by atoms with Gasteiger partial charge in [0.2, 0.25) is 0 Å². The maximum absolute atomic E-state index is 7.70. The minimum Gasteiger partial charge on any atom is -0.455 e. The lowest BCUT2D eigenvalue weighted by Gasteiger charge is -2.34. The molecule has 0 saturated carbocycles. The normalized spacial score (nSPS) is 15.4. The van der Waals surface area contributed by atoms with Crippen molar-refractivity contribution in [2.75, 3.05) is 9.80 Å². The average molecular weight is 1750 g/mol. The lowest BCUT2D eigenvalue weighted by molar-refractivity contribution is 0.398. The molecule has 16 aromatic rings. The molecule has 1 unspecified atom stereocenters. The van der Waals surface area contributed by atoms with Crippen LogP contribution in [0.25, 0.3) is 111 Å². The molecular formula is C131H136N2O. The van der Waals surface area contributed by atoms with Crippen molar-refractivity contribution in [1.82, 2.24) is 0 Å². The van der Waals surface area contributed by atoms with E-state index in [1.807, 2.05) is 0 Å². The summed E-state index contributed by atoms with van der Waals surface area (Å²) in [6.45, 7) is 42.3. The van der Waals surface area contributed by atoms with Gasteiger partial charge in [0.1, 0.15) is 11.2 Å². The fourth-order valence-electron chi connectivity index (χ4n) is 24.2. The summed E-state index contributed by atoms with van der Waals surface area (Å²) in [5, 5.41) is 2.17. The third-order valence-electron chi connectivity index (χ3n) is 31.8. The number of benzene rings is 15. The van der Waals surface area contributed by atoms with E-state index in [1.54, 1.807) is 11.1 Å². The third kappa shape index (κ3) is 14.8. The Morgan fingerprint density at radius 2 is 0.575 bits per heavy atom. The molecule has 3 heteroatoms. The average Bonchev–Trinajstić information content (AvgIpc) is 1.49. The first-order valence-electron chi connectivity index (χ1n) is 50.1. The zero-order valence-corrected chi connectivity index (χ0v) is 82.1. The molecule has 1 spiro atoms. The van der Waals surface area contributed by atoms with Gasteiger partial charge >= 0.3 is 0 Å². The molecular weight excluding hydrogens is 1620 g/mol. The van der Waals surface area contributed by atoms with Crippen molar-refractivity contribution in [2.24, 2.45) is 0 Å². The lowest BCUT2D eigenvalue weighted by Crippen LogP contribution is -2.27. The molecule has 15 aromatic carbocycles. The molecule has 676 valence electrons. The monoisotopic (exact) mass is 1750 g/mol. The van der Waals surface area contributed by atoms with Gasteiger partial charge in [0.15, 0.2) is 0 Å². The Balaban J connectivity index is 0.0000111. The SMILES string of the molecule is C.CCCCCCCCC1(CCCCCCCC)c2ccccc2-c2ccc(-c3ccc4c(c3)C(C)(C)c3cc(-c5ccc6c(c5)C(C)(C)c5cc(-c7ccc8c(c7)C7(c9ccccc9-8)c8cc(N(c9ccc(C(C)(C)C)cc9)c9ccc(C(C)(C)C)cc9)ccc8-c8c7cc(N(c7ccc(C(C)(C)C)cc7)c7ccc(C(C)(C)C)cc7)c7c8oc8ccccc87)ccc5-6)ccc3-4)cc21. The van der Waals surface area contributed by atoms with E-state index >= 15 is 0 Å². The summed E-state index contributed by atoms with van der Waals surface area (Å²) in [5.41, 5.74) is 46.1. The lowest BCUT2D eigenvalue weighted by atomic mass is 9.70. The molecule has 1 heterocycles. The Bertz CT molecular complexity index is 7100. The first-order chi connectivity index (χ1) is 63.9. The van der Waals surface area contributed by atoms with Crippen LogP contribution in [0.5, 0.6) is 0 Å². The van der Waals surface area contributed by atoms with Crippen LogP contribution >= 0.6 is 0 Å². The van der Waals surface area contributed by atoms with Gasteiger partial charge in [-0.15, -0.1) is 0 Å². The van der Waals surface area contributed by atoms with Gasteiger partial charge in [-0.3, -0.25) is 0 Å².